The number of carbonyl (C=O) groups excluding carboxylic acids is 1. The molecule has 5 heteroatoms. The molecule has 1 unspecified atom stereocenters. The van der Waals surface area contributed by atoms with Gasteiger partial charge in [0.15, 0.2) is 0 Å². The first-order chi connectivity index (χ1) is 13.0. The summed E-state index contributed by atoms with van der Waals surface area (Å²) in [4.78, 5) is 14.2. The Balaban J connectivity index is 1.60. The Morgan fingerprint density at radius 2 is 1.89 bits per heavy atom. The van der Waals surface area contributed by atoms with Gasteiger partial charge in [-0.15, -0.1) is 11.8 Å². The largest absolute Gasteiger partial charge is 0.302 e. The summed E-state index contributed by atoms with van der Waals surface area (Å²) >= 11 is 14.1. The Kier molecular flexibility index (Phi) is 7.27. The topological polar surface area (TPSA) is 20.3 Å². The fraction of sp³-hybridized carbons (Fsp3) is 0.409. The highest BCUT2D eigenvalue weighted by molar-refractivity contribution is 8.00. The van der Waals surface area contributed by atoms with Gasteiger partial charge in [0.1, 0.15) is 6.29 Å². The van der Waals surface area contributed by atoms with Gasteiger partial charge in [0, 0.05) is 24.3 Å². The third kappa shape index (κ3) is 4.89. The number of hydrogen-bond donors (Lipinski definition) is 0. The fourth-order valence-corrected chi connectivity index (χ4v) is 5.48. The number of carbonyl (C=O) groups is 1. The van der Waals surface area contributed by atoms with E-state index < -0.39 is 0 Å². The van der Waals surface area contributed by atoms with Crippen molar-refractivity contribution in [2.24, 2.45) is 0 Å². The second-order valence-corrected chi connectivity index (χ2v) is 9.35. The van der Waals surface area contributed by atoms with E-state index in [0.717, 1.165) is 50.0 Å². The normalized spacial score (nSPS) is 16.7. The molecule has 0 spiro atoms. The van der Waals surface area contributed by atoms with Gasteiger partial charge in [-0.05, 0) is 43.1 Å². The molecule has 0 amide bonds. The molecule has 1 aliphatic carbocycles. The van der Waals surface area contributed by atoms with E-state index in [1.165, 1.54) is 5.56 Å². The Labute approximate surface area is 176 Å². The number of halogens is 2. The van der Waals surface area contributed by atoms with E-state index in [-0.39, 0.29) is 10.7 Å². The van der Waals surface area contributed by atoms with Crippen molar-refractivity contribution in [3.63, 3.8) is 0 Å². The first-order valence-corrected chi connectivity index (χ1v) is 11.1. The minimum absolute atomic E-state index is 0.0476. The van der Waals surface area contributed by atoms with Gasteiger partial charge in [-0.2, -0.15) is 0 Å². The summed E-state index contributed by atoms with van der Waals surface area (Å²) in [7, 11) is 2.13. The zero-order valence-corrected chi connectivity index (χ0v) is 17.9. The van der Waals surface area contributed by atoms with Crippen LogP contribution in [0.25, 0.3) is 0 Å². The van der Waals surface area contributed by atoms with E-state index in [1.807, 2.05) is 24.3 Å². The van der Waals surface area contributed by atoms with Gasteiger partial charge in [0.2, 0.25) is 0 Å². The Morgan fingerprint density at radius 3 is 2.48 bits per heavy atom. The predicted molar refractivity (Wildman–Crippen MR) is 117 cm³/mol. The fourth-order valence-electron chi connectivity index (χ4n) is 3.74. The number of rotatable bonds is 9. The molecule has 0 bridgehead atoms. The molecule has 3 rings (SSSR count). The van der Waals surface area contributed by atoms with Gasteiger partial charge in [-0.1, -0.05) is 66.0 Å². The van der Waals surface area contributed by atoms with Crippen LogP contribution in [0.2, 0.25) is 10.0 Å². The number of nitrogens with zero attached hydrogens (tertiary/aromatic N) is 1. The van der Waals surface area contributed by atoms with E-state index in [4.69, 9.17) is 23.2 Å². The number of hydrogen-bond acceptors (Lipinski definition) is 3. The summed E-state index contributed by atoms with van der Waals surface area (Å²) in [6.07, 6.45) is 4.34. The molecule has 27 heavy (non-hydrogen) atoms. The lowest BCUT2D eigenvalue weighted by atomic mass is 9.62. The van der Waals surface area contributed by atoms with Crippen LogP contribution in [0.3, 0.4) is 0 Å². The lowest BCUT2D eigenvalue weighted by molar-refractivity contribution is -0.109. The highest BCUT2D eigenvalue weighted by Gasteiger charge is 2.45. The third-order valence-electron chi connectivity index (χ3n) is 5.47. The maximum atomic E-state index is 11.9. The van der Waals surface area contributed by atoms with Crippen LogP contribution in [0.15, 0.2) is 48.5 Å². The standard InChI is InChI=1S/C22H25Cl2NOS/c1-25(15-17-6-3-2-4-7-17)12-13-27-21(16-26)22(10-5-11-22)18-8-9-19(23)20(24)14-18/h2-4,6-9,14,16,21H,5,10-13,15H2,1H3. The van der Waals surface area contributed by atoms with Gasteiger partial charge in [0.05, 0.1) is 15.3 Å². The van der Waals surface area contributed by atoms with E-state index in [0.29, 0.717) is 10.0 Å². The van der Waals surface area contributed by atoms with Crippen molar-refractivity contribution in [2.75, 3.05) is 19.3 Å². The molecule has 1 aliphatic rings. The second kappa shape index (κ2) is 9.47. The molecule has 1 fully saturated rings. The molecule has 2 nitrogen and oxygen atoms in total. The molecule has 144 valence electrons. The molecular formula is C22H25Cl2NOS. The van der Waals surface area contributed by atoms with E-state index in [9.17, 15) is 4.79 Å². The predicted octanol–water partition coefficient (Wildman–Crippen LogP) is 5.85. The van der Waals surface area contributed by atoms with Crippen LogP contribution in [-0.2, 0) is 16.8 Å². The van der Waals surface area contributed by atoms with Crippen LogP contribution < -0.4 is 0 Å². The molecule has 0 radical (unpaired) electrons. The molecule has 1 atom stereocenters. The van der Waals surface area contributed by atoms with Crippen molar-refractivity contribution in [2.45, 2.75) is 36.5 Å². The van der Waals surface area contributed by atoms with Gasteiger partial charge in [-0.25, -0.2) is 0 Å². The van der Waals surface area contributed by atoms with Crippen LogP contribution in [0.5, 0.6) is 0 Å². The molecule has 0 aliphatic heterocycles. The minimum Gasteiger partial charge on any atom is -0.302 e. The van der Waals surface area contributed by atoms with E-state index in [1.54, 1.807) is 11.8 Å². The highest BCUT2D eigenvalue weighted by Crippen LogP contribution is 2.50. The third-order valence-corrected chi connectivity index (χ3v) is 7.55. The molecular weight excluding hydrogens is 397 g/mol. The van der Waals surface area contributed by atoms with Crippen molar-refractivity contribution in [1.82, 2.24) is 4.90 Å². The zero-order chi connectivity index (χ0) is 19.3. The van der Waals surface area contributed by atoms with Crippen molar-refractivity contribution in [3.8, 4) is 0 Å². The molecule has 1 saturated carbocycles. The summed E-state index contributed by atoms with van der Waals surface area (Å²) < 4.78 is 0. The van der Waals surface area contributed by atoms with Gasteiger partial charge in [0.25, 0.3) is 0 Å². The molecule has 0 saturated heterocycles. The summed E-state index contributed by atoms with van der Waals surface area (Å²) in [5.74, 6) is 0.926. The lowest BCUT2D eigenvalue weighted by Crippen LogP contribution is -2.45. The van der Waals surface area contributed by atoms with Crippen molar-refractivity contribution in [3.05, 3.63) is 69.7 Å². The average Bonchev–Trinajstić information content (AvgIpc) is 2.63. The van der Waals surface area contributed by atoms with Crippen LogP contribution in [0, 0.1) is 0 Å². The molecule has 0 N–H and O–H groups in total. The monoisotopic (exact) mass is 421 g/mol. The summed E-state index contributed by atoms with van der Waals surface area (Å²) in [5.41, 5.74) is 2.35. The van der Waals surface area contributed by atoms with Crippen molar-refractivity contribution < 1.29 is 4.79 Å². The highest BCUT2D eigenvalue weighted by atomic mass is 35.5. The van der Waals surface area contributed by atoms with Crippen molar-refractivity contribution >= 4 is 41.2 Å². The van der Waals surface area contributed by atoms with Crippen LogP contribution >= 0.6 is 35.0 Å². The first-order valence-electron chi connectivity index (χ1n) is 9.30. The lowest BCUT2D eigenvalue weighted by Gasteiger charge is -2.46. The van der Waals surface area contributed by atoms with Crippen LogP contribution in [-0.4, -0.2) is 35.8 Å². The number of benzene rings is 2. The molecule has 2 aromatic carbocycles. The quantitative estimate of drug-likeness (QED) is 0.473. The Bertz CT molecular complexity index is 764. The van der Waals surface area contributed by atoms with Crippen LogP contribution in [0.1, 0.15) is 30.4 Å². The first kappa shape index (κ1) is 20.7. The zero-order valence-electron chi connectivity index (χ0n) is 15.5. The maximum absolute atomic E-state index is 11.9. The van der Waals surface area contributed by atoms with E-state index >= 15 is 0 Å². The summed E-state index contributed by atoms with van der Waals surface area (Å²) in [6, 6.07) is 16.3. The SMILES string of the molecule is CN(CCSC(C=O)C1(c2ccc(Cl)c(Cl)c2)CCC1)Cc1ccccc1. The molecule has 2 aromatic rings. The van der Waals surface area contributed by atoms with E-state index in [2.05, 4.69) is 36.2 Å². The molecule has 0 heterocycles. The smallest absolute Gasteiger partial charge is 0.133 e. The average molecular weight is 422 g/mol. The minimum atomic E-state index is -0.0986. The maximum Gasteiger partial charge on any atom is 0.133 e. The number of aldehydes is 1. The number of thioether (sulfide) groups is 1. The molecule has 0 aromatic heterocycles. The van der Waals surface area contributed by atoms with Gasteiger partial charge >= 0.3 is 0 Å². The van der Waals surface area contributed by atoms with Gasteiger partial charge in [-0.3, -0.25) is 0 Å². The van der Waals surface area contributed by atoms with Gasteiger partial charge < -0.3 is 9.69 Å². The Hall–Kier alpha value is -1.00. The second-order valence-electron chi connectivity index (χ2n) is 7.29. The Morgan fingerprint density at radius 1 is 1.15 bits per heavy atom. The van der Waals surface area contributed by atoms with Crippen LogP contribution in [0.4, 0.5) is 0 Å². The summed E-state index contributed by atoms with van der Waals surface area (Å²) in [6.45, 7) is 1.87. The summed E-state index contributed by atoms with van der Waals surface area (Å²) in [5, 5.41) is 1.08. The van der Waals surface area contributed by atoms with Crippen molar-refractivity contribution in [1.29, 1.82) is 0 Å².